The fraction of sp³-hybridized carbons (Fsp3) is 0.586. The minimum atomic E-state index is -0.466. The van der Waals surface area contributed by atoms with Crippen LogP contribution in [0, 0.1) is 5.41 Å². The first-order valence-corrected chi connectivity index (χ1v) is 13.3. The highest BCUT2D eigenvalue weighted by Crippen LogP contribution is 2.51. The van der Waals surface area contributed by atoms with Crippen molar-refractivity contribution in [2.75, 3.05) is 26.2 Å². The molecule has 3 aliphatic rings. The van der Waals surface area contributed by atoms with Gasteiger partial charge < -0.3 is 19.5 Å². The molecule has 2 aliphatic heterocycles. The molecular weight excluding hydrogens is 454 g/mol. The summed E-state index contributed by atoms with van der Waals surface area (Å²) >= 11 is 0. The first-order valence-electron chi connectivity index (χ1n) is 13.3. The molecule has 1 N–H and O–H groups in total. The first kappa shape index (κ1) is 25.0. The van der Waals surface area contributed by atoms with E-state index < -0.39 is 5.60 Å². The van der Waals surface area contributed by atoms with Gasteiger partial charge in [-0.1, -0.05) is 30.3 Å². The molecule has 5 rings (SSSR count). The van der Waals surface area contributed by atoms with Gasteiger partial charge in [-0.25, -0.2) is 4.79 Å². The lowest BCUT2D eigenvalue weighted by Crippen LogP contribution is -2.66. The second-order valence-corrected chi connectivity index (χ2v) is 11.7. The summed E-state index contributed by atoms with van der Waals surface area (Å²) in [5.41, 5.74) is 3.31. The minimum Gasteiger partial charge on any atom is -0.490 e. The third kappa shape index (κ3) is 5.37. The van der Waals surface area contributed by atoms with E-state index >= 15 is 0 Å². The van der Waals surface area contributed by atoms with Crippen molar-refractivity contribution in [1.82, 2.24) is 14.8 Å². The summed E-state index contributed by atoms with van der Waals surface area (Å²) in [6.07, 6.45) is 6.23. The van der Waals surface area contributed by atoms with E-state index in [2.05, 4.69) is 29.2 Å². The minimum absolute atomic E-state index is 0.153. The number of benzene rings is 1. The number of aliphatic hydroxyl groups excluding tert-OH is 1. The quantitative estimate of drug-likeness (QED) is 0.601. The van der Waals surface area contributed by atoms with Gasteiger partial charge in [-0.3, -0.25) is 9.88 Å². The molecule has 2 aromatic rings. The van der Waals surface area contributed by atoms with Crippen LogP contribution in [0.1, 0.15) is 69.3 Å². The molecule has 1 aromatic carbocycles. The van der Waals surface area contributed by atoms with Gasteiger partial charge in [0.2, 0.25) is 0 Å². The second-order valence-electron chi connectivity index (χ2n) is 11.7. The Morgan fingerprint density at radius 1 is 1.17 bits per heavy atom. The number of hydrogen-bond donors (Lipinski definition) is 1. The summed E-state index contributed by atoms with van der Waals surface area (Å²) < 4.78 is 12.1. The molecule has 3 heterocycles. The molecule has 1 saturated heterocycles. The number of aromatic nitrogens is 1. The van der Waals surface area contributed by atoms with E-state index in [0.29, 0.717) is 0 Å². The number of nitrogens with zero attached hydrogens (tertiary/aromatic N) is 3. The largest absolute Gasteiger partial charge is 0.490 e. The number of pyridine rings is 1. The van der Waals surface area contributed by atoms with Crippen molar-refractivity contribution in [3.05, 3.63) is 59.4 Å². The van der Waals surface area contributed by atoms with Crippen molar-refractivity contribution in [2.45, 2.75) is 77.2 Å². The SMILES string of the molecule is CC(C)(C)OC(=O)N1CC2(CC(Oc3ccnc4c3C(CCCO)N(Cc3ccccc3)CC4)C2)C1. The molecule has 1 spiro atoms. The Hall–Kier alpha value is -2.64. The smallest absolute Gasteiger partial charge is 0.410 e. The molecule has 0 radical (unpaired) electrons. The van der Waals surface area contributed by atoms with E-state index in [1.807, 2.05) is 44.0 Å². The van der Waals surface area contributed by atoms with E-state index in [4.69, 9.17) is 14.5 Å². The summed E-state index contributed by atoms with van der Waals surface area (Å²) in [5.74, 6) is 0.934. The molecular formula is C29H39N3O4. The Kier molecular flexibility index (Phi) is 6.97. The second kappa shape index (κ2) is 10.0. The van der Waals surface area contributed by atoms with E-state index in [-0.39, 0.29) is 30.3 Å². The van der Waals surface area contributed by atoms with Crippen LogP contribution in [-0.2, 0) is 17.7 Å². The van der Waals surface area contributed by atoms with Gasteiger partial charge in [0.05, 0.1) is 5.69 Å². The van der Waals surface area contributed by atoms with Crippen LogP contribution in [-0.4, -0.2) is 63.9 Å². The fourth-order valence-corrected chi connectivity index (χ4v) is 6.01. The molecule has 1 atom stereocenters. The van der Waals surface area contributed by atoms with Gasteiger partial charge in [0.1, 0.15) is 17.5 Å². The molecule has 1 amide bonds. The topological polar surface area (TPSA) is 75.1 Å². The predicted octanol–water partition coefficient (Wildman–Crippen LogP) is 4.73. The van der Waals surface area contributed by atoms with Crippen LogP contribution in [0.25, 0.3) is 0 Å². The zero-order chi connectivity index (χ0) is 25.3. The van der Waals surface area contributed by atoms with Crippen LogP contribution in [0.3, 0.4) is 0 Å². The Labute approximate surface area is 214 Å². The number of rotatable bonds is 7. The van der Waals surface area contributed by atoms with Crippen molar-refractivity contribution < 1.29 is 19.4 Å². The Morgan fingerprint density at radius 2 is 1.92 bits per heavy atom. The average Bonchev–Trinajstić information content (AvgIpc) is 2.78. The van der Waals surface area contributed by atoms with Crippen molar-refractivity contribution >= 4 is 6.09 Å². The van der Waals surface area contributed by atoms with Crippen LogP contribution in [0.2, 0.25) is 0 Å². The molecule has 0 bridgehead atoms. The van der Waals surface area contributed by atoms with Gasteiger partial charge in [-0.2, -0.15) is 0 Å². The maximum absolute atomic E-state index is 12.3. The van der Waals surface area contributed by atoms with E-state index in [1.54, 1.807) is 0 Å². The highest BCUT2D eigenvalue weighted by Gasteiger charge is 2.55. The lowest BCUT2D eigenvalue weighted by molar-refractivity contribution is -0.117. The van der Waals surface area contributed by atoms with Crippen LogP contribution < -0.4 is 4.74 Å². The van der Waals surface area contributed by atoms with Crippen LogP contribution >= 0.6 is 0 Å². The molecule has 1 saturated carbocycles. The van der Waals surface area contributed by atoms with Crippen molar-refractivity contribution in [1.29, 1.82) is 0 Å². The average molecular weight is 494 g/mol. The molecule has 7 heteroatoms. The van der Waals surface area contributed by atoms with E-state index in [1.165, 1.54) is 11.1 Å². The van der Waals surface area contributed by atoms with Crippen LogP contribution in [0.4, 0.5) is 4.79 Å². The van der Waals surface area contributed by atoms with Gasteiger partial charge in [-0.15, -0.1) is 0 Å². The molecule has 1 aromatic heterocycles. The molecule has 36 heavy (non-hydrogen) atoms. The number of carbonyl (C=O) groups is 1. The maximum atomic E-state index is 12.3. The van der Waals surface area contributed by atoms with Crippen molar-refractivity contribution in [3.8, 4) is 5.75 Å². The predicted molar refractivity (Wildman–Crippen MR) is 138 cm³/mol. The number of aliphatic hydroxyl groups is 1. The Morgan fingerprint density at radius 3 is 2.61 bits per heavy atom. The lowest BCUT2D eigenvalue weighted by Gasteiger charge is -2.58. The Balaban J connectivity index is 1.25. The van der Waals surface area contributed by atoms with Crippen molar-refractivity contribution in [3.63, 3.8) is 0 Å². The number of hydrogen-bond acceptors (Lipinski definition) is 6. The Bertz CT molecular complexity index is 1050. The maximum Gasteiger partial charge on any atom is 0.410 e. The third-order valence-electron chi connectivity index (χ3n) is 7.63. The summed E-state index contributed by atoms with van der Waals surface area (Å²) in [7, 11) is 0. The summed E-state index contributed by atoms with van der Waals surface area (Å²) in [4.78, 5) is 21.4. The van der Waals surface area contributed by atoms with Gasteiger partial charge in [-0.05, 0) is 58.1 Å². The standard InChI is InChI=1S/C29H39N3O4/c1-28(2,3)36-27(34)32-19-29(20-32)16-22(17-29)35-25-11-13-30-23-12-14-31(18-21-8-5-4-6-9-21)24(26(23)25)10-7-15-33/h4-6,8-9,11,13,22,24,33H,7,10,12,14-20H2,1-3H3. The summed E-state index contributed by atoms with van der Waals surface area (Å²) in [6.45, 7) is 9.20. The summed E-state index contributed by atoms with van der Waals surface area (Å²) in [5, 5.41) is 9.59. The van der Waals surface area contributed by atoms with Gasteiger partial charge in [0.25, 0.3) is 0 Å². The number of ether oxygens (including phenoxy) is 2. The van der Waals surface area contributed by atoms with E-state index in [0.717, 1.165) is 69.7 Å². The highest BCUT2D eigenvalue weighted by molar-refractivity contribution is 5.69. The molecule has 2 fully saturated rings. The lowest BCUT2D eigenvalue weighted by atomic mass is 9.62. The normalized spacial score (nSPS) is 21.4. The molecule has 1 unspecified atom stereocenters. The molecule has 7 nitrogen and oxygen atoms in total. The fourth-order valence-electron chi connectivity index (χ4n) is 6.01. The third-order valence-corrected chi connectivity index (χ3v) is 7.63. The van der Waals surface area contributed by atoms with Gasteiger partial charge >= 0.3 is 6.09 Å². The van der Waals surface area contributed by atoms with E-state index in [9.17, 15) is 9.90 Å². The summed E-state index contributed by atoms with van der Waals surface area (Å²) in [6, 6.07) is 12.7. The highest BCUT2D eigenvalue weighted by atomic mass is 16.6. The number of amides is 1. The number of carbonyl (C=O) groups excluding carboxylic acids is 1. The zero-order valence-corrected chi connectivity index (χ0v) is 21.8. The molecule has 1 aliphatic carbocycles. The monoisotopic (exact) mass is 493 g/mol. The van der Waals surface area contributed by atoms with Gasteiger partial charge in [0, 0.05) is 62.4 Å². The molecule has 194 valence electrons. The van der Waals surface area contributed by atoms with Crippen LogP contribution in [0.15, 0.2) is 42.6 Å². The number of fused-ring (bicyclic) bond motifs is 1. The number of likely N-dealkylation sites (tertiary alicyclic amines) is 1. The van der Waals surface area contributed by atoms with Gasteiger partial charge in [0.15, 0.2) is 0 Å². The zero-order valence-electron chi connectivity index (χ0n) is 21.8. The first-order chi connectivity index (χ1) is 17.3. The van der Waals surface area contributed by atoms with Crippen molar-refractivity contribution in [2.24, 2.45) is 5.41 Å². The van der Waals surface area contributed by atoms with Crippen LogP contribution in [0.5, 0.6) is 5.75 Å².